The van der Waals surface area contributed by atoms with Gasteiger partial charge < -0.3 is 15.2 Å². The Kier molecular flexibility index (Phi) is 6.55. The average Bonchev–Trinajstić information content (AvgIpc) is 2.64. The molecule has 0 aliphatic carbocycles. The summed E-state index contributed by atoms with van der Waals surface area (Å²) in [4.78, 5) is 22.3. The molecule has 2 N–H and O–H groups in total. The lowest BCUT2D eigenvalue weighted by Gasteiger charge is -2.07. The van der Waals surface area contributed by atoms with Gasteiger partial charge in [-0.15, -0.1) is 0 Å². The molecule has 1 amide bonds. The molecule has 25 heavy (non-hydrogen) atoms. The highest BCUT2D eigenvalue weighted by molar-refractivity contribution is 5.76. The number of hydrogen-bond acceptors (Lipinski definition) is 4. The number of rotatable bonds is 8. The third kappa shape index (κ3) is 6.36. The molecule has 0 saturated heterocycles. The minimum Gasteiger partial charge on any atom is -0.482 e. The maximum absolute atomic E-state index is 11.9. The summed E-state index contributed by atoms with van der Waals surface area (Å²) in [5.41, 5.74) is 2.51. The largest absolute Gasteiger partial charge is 0.482 e. The molecular formula is C19H18N2O4. The van der Waals surface area contributed by atoms with Gasteiger partial charge in [0.15, 0.2) is 6.61 Å². The first-order valence-electron chi connectivity index (χ1n) is 7.76. The summed E-state index contributed by atoms with van der Waals surface area (Å²) in [6, 6.07) is 16.1. The summed E-state index contributed by atoms with van der Waals surface area (Å²) in [5.74, 6) is -0.618. The van der Waals surface area contributed by atoms with Crippen LogP contribution in [0.25, 0.3) is 0 Å². The van der Waals surface area contributed by atoms with Crippen molar-refractivity contribution >= 4 is 11.9 Å². The standard InChI is InChI=1S/C19H18N2O4/c20-11-15-3-1-14(2-4-15)7-10-18(22)21-12-16-5-8-17(9-6-16)25-13-19(23)24/h1-6,8-9H,7,10,12-13H2,(H,21,22)(H,23,24). The Morgan fingerprint density at radius 1 is 1.04 bits per heavy atom. The predicted octanol–water partition coefficient (Wildman–Crippen LogP) is 2.27. The van der Waals surface area contributed by atoms with Crippen LogP contribution in [0.5, 0.6) is 5.75 Å². The van der Waals surface area contributed by atoms with E-state index in [0.29, 0.717) is 30.7 Å². The van der Waals surface area contributed by atoms with Gasteiger partial charge in [0, 0.05) is 13.0 Å². The van der Waals surface area contributed by atoms with Crippen molar-refractivity contribution in [2.45, 2.75) is 19.4 Å². The van der Waals surface area contributed by atoms with Crippen LogP contribution in [-0.2, 0) is 22.6 Å². The van der Waals surface area contributed by atoms with Gasteiger partial charge in [-0.3, -0.25) is 4.79 Å². The number of nitrogens with one attached hydrogen (secondary N) is 1. The lowest BCUT2D eigenvalue weighted by atomic mass is 10.1. The zero-order valence-corrected chi connectivity index (χ0v) is 13.6. The number of aryl methyl sites for hydroxylation is 1. The van der Waals surface area contributed by atoms with E-state index in [4.69, 9.17) is 15.1 Å². The molecule has 2 aromatic carbocycles. The summed E-state index contributed by atoms with van der Waals surface area (Å²) >= 11 is 0. The van der Waals surface area contributed by atoms with Crippen molar-refractivity contribution in [3.63, 3.8) is 0 Å². The van der Waals surface area contributed by atoms with E-state index in [1.54, 1.807) is 36.4 Å². The lowest BCUT2D eigenvalue weighted by Crippen LogP contribution is -2.22. The number of amides is 1. The first-order valence-corrected chi connectivity index (χ1v) is 7.76. The van der Waals surface area contributed by atoms with Crippen LogP contribution >= 0.6 is 0 Å². The number of carbonyl (C=O) groups excluding carboxylic acids is 1. The topological polar surface area (TPSA) is 99.4 Å². The molecule has 128 valence electrons. The van der Waals surface area contributed by atoms with Crippen molar-refractivity contribution < 1.29 is 19.4 Å². The van der Waals surface area contributed by atoms with E-state index in [-0.39, 0.29) is 12.5 Å². The second kappa shape index (κ2) is 9.08. The number of nitrogens with zero attached hydrogens (tertiary/aromatic N) is 1. The molecule has 0 fully saturated rings. The Morgan fingerprint density at radius 3 is 2.28 bits per heavy atom. The SMILES string of the molecule is N#Cc1ccc(CCC(=O)NCc2ccc(OCC(=O)O)cc2)cc1. The molecular weight excluding hydrogens is 320 g/mol. The molecule has 0 atom stereocenters. The van der Waals surface area contributed by atoms with Gasteiger partial charge in [-0.1, -0.05) is 24.3 Å². The highest BCUT2D eigenvalue weighted by Crippen LogP contribution is 2.12. The number of aliphatic carboxylic acids is 1. The van der Waals surface area contributed by atoms with Gasteiger partial charge in [-0.2, -0.15) is 5.26 Å². The van der Waals surface area contributed by atoms with Crippen LogP contribution in [0.2, 0.25) is 0 Å². The van der Waals surface area contributed by atoms with Gasteiger partial charge in [-0.25, -0.2) is 4.79 Å². The fourth-order valence-electron chi connectivity index (χ4n) is 2.14. The van der Waals surface area contributed by atoms with E-state index >= 15 is 0 Å². The minimum atomic E-state index is -1.03. The van der Waals surface area contributed by atoms with Crippen LogP contribution in [0.4, 0.5) is 0 Å². The summed E-state index contributed by atoms with van der Waals surface area (Å²) < 4.78 is 5.05. The van der Waals surface area contributed by atoms with Gasteiger partial charge >= 0.3 is 5.97 Å². The third-order valence-corrected chi connectivity index (χ3v) is 3.50. The van der Waals surface area contributed by atoms with Crippen molar-refractivity contribution in [2.24, 2.45) is 0 Å². The van der Waals surface area contributed by atoms with E-state index in [9.17, 15) is 9.59 Å². The highest BCUT2D eigenvalue weighted by Gasteiger charge is 2.04. The van der Waals surface area contributed by atoms with Gasteiger partial charge in [0.2, 0.25) is 5.91 Å². The molecule has 0 aliphatic rings. The number of nitriles is 1. The molecule has 0 radical (unpaired) electrons. The van der Waals surface area contributed by atoms with E-state index in [0.717, 1.165) is 11.1 Å². The Balaban J connectivity index is 1.73. The van der Waals surface area contributed by atoms with Crippen LogP contribution in [-0.4, -0.2) is 23.6 Å². The molecule has 2 rings (SSSR count). The maximum Gasteiger partial charge on any atom is 0.341 e. The summed E-state index contributed by atoms with van der Waals surface area (Å²) in [7, 11) is 0. The summed E-state index contributed by atoms with van der Waals surface area (Å²) in [6.07, 6.45) is 0.977. The zero-order valence-electron chi connectivity index (χ0n) is 13.6. The van der Waals surface area contributed by atoms with Crippen molar-refractivity contribution in [2.75, 3.05) is 6.61 Å². The third-order valence-electron chi connectivity index (χ3n) is 3.50. The molecule has 0 aliphatic heterocycles. The van der Waals surface area contributed by atoms with Crippen LogP contribution in [0.3, 0.4) is 0 Å². The number of ether oxygens (including phenoxy) is 1. The number of benzene rings is 2. The highest BCUT2D eigenvalue weighted by atomic mass is 16.5. The molecule has 6 heteroatoms. The zero-order chi connectivity index (χ0) is 18.1. The fourth-order valence-corrected chi connectivity index (χ4v) is 2.14. The first kappa shape index (κ1) is 18.0. The smallest absolute Gasteiger partial charge is 0.341 e. The molecule has 2 aromatic rings. The van der Waals surface area contributed by atoms with Gasteiger partial charge in [0.05, 0.1) is 11.6 Å². The second-order valence-electron chi connectivity index (χ2n) is 5.41. The minimum absolute atomic E-state index is 0.0597. The lowest BCUT2D eigenvalue weighted by molar-refractivity contribution is -0.139. The van der Waals surface area contributed by atoms with Crippen LogP contribution < -0.4 is 10.1 Å². The predicted molar refractivity (Wildman–Crippen MR) is 90.9 cm³/mol. The Bertz CT molecular complexity index is 762. The molecule has 0 heterocycles. The van der Waals surface area contributed by atoms with Gasteiger partial charge in [0.1, 0.15) is 5.75 Å². The van der Waals surface area contributed by atoms with Crippen molar-refractivity contribution in [3.8, 4) is 11.8 Å². The average molecular weight is 338 g/mol. The number of carboxylic acids is 1. The van der Waals surface area contributed by atoms with Crippen molar-refractivity contribution in [1.29, 1.82) is 5.26 Å². The van der Waals surface area contributed by atoms with Gasteiger partial charge in [-0.05, 0) is 41.8 Å². The van der Waals surface area contributed by atoms with Crippen molar-refractivity contribution in [3.05, 3.63) is 65.2 Å². The maximum atomic E-state index is 11.9. The van der Waals surface area contributed by atoms with Gasteiger partial charge in [0.25, 0.3) is 0 Å². The Morgan fingerprint density at radius 2 is 1.68 bits per heavy atom. The number of hydrogen-bond donors (Lipinski definition) is 2. The fraction of sp³-hybridized carbons (Fsp3) is 0.211. The molecule has 6 nitrogen and oxygen atoms in total. The monoisotopic (exact) mass is 338 g/mol. The Hall–Kier alpha value is -3.33. The van der Waals surface area contributed by atoms with Crippen LogP contribution in [0.1, 0.15) is 23.1 Å². The first-order chi connectivity index (χ1) is 12.1. The number of carboxylic acid groups (broad SMARTS) is 1. The van der Waals surface area contributed by atoms with E-state index < -0.39 is 5.97 Å². The Labute approximate surface area is 145 Å². The normalized spacial score (nSPS) is 9.88. The number of carbonyl (C=O) groups is 2. The molecule has 0 unspecified atom stereocenters. The van der Waals surface area contributed by atoms with E-state index in [1.807, 2.05) is 12.1 Å². The quantitative estimate of drug-likeness (QED) is 0.769. The van der Waals surface area contributed by atoms with Crippen molar-refractivity contribution in [1.82, 2.24) is 5.32 Å². The molecule has 0 bridgehead atoms. The van der Waals surface area contributed by atoms with Crippen LogP contribution in [0.15, 0.2) is 48.5 Å². The molecule has 0 spiro atoms. The second-order valence-corrected chi connectivity index (χ2v) is 5.41. The van der Waals surface area contributed by atoms with Crippen LogP contribution in [0, 0.1) is 11.3 Å². The van der Waals surface area contributed by atoms with E-state index in [2.05, 4.69) is 11.4 Å². The summed E-state index contributed by atoms with van der Waals surface area (Å²) in [5, 5.41) is 20.1. The molecule has 0 aromatic heterocycles. The molecule has 0 saturated carbocycles. The summed E-state index contributed by atoms with van der Waals surface area (Å²) in [6.45, 7) is 0.0108. The van der Waals surface area contributed by atoms with E-state index in [1.165, 1.54) is 0 Å².